The average molecular weight is 272 g/mol. The molecular formula is C14H12N2O4. The molecule has 20 heavy (non-hydrogen) atoms. The molecule has 6 nitrogen and oxygen atoms in total. The first kappa shape index (κ1) is 13.4. The highest BCUT2D eigenvalue weighted by Crippen LogP contribution is 2.21. The van der Waals surface area contributed by atoms with Crippen molar-refractivity contribution in [3.8, 4) is 11.5 Å². The number of rotatable bonds is 3. The van der Waals surface area contributed by atoms with Crippen LogP contribution in [0.25, 0.3) is 0 Å². The number of phenols is 2. The van der Waals surface area contributed by atoms with Crippen molar-refractivity contribution in [2.24, 2.45) is 5.73 Å². The van der Waals surface area contributed by atoms with E-state index in [0.29, 0.717) is 11.3 Å². The zero-order valence-corrected chi connectivity index (χ0v) is 10.3. The molecule has 2 amide bonds. The number of hydrogen-bond acceptors (Lipinski definition) is 4. The molecule has 0 saturated carbocycles. The topological polar surface area (TPSA) is 113 Å². The van der Waals surface area contributed by atoms with Gasteiger partial charge in [-0.2, -0.15) is 0 Å². The van der Waals surface area contributed by atoms with Crippen LogP contribution in [0.1, 0.15) is 20.7 Å². The largest absolute Gasteiger partial charge is 0.508 e. The van der Waals surface area contributed by atoms with Crippen LogP contribution in [-0.2, 0) is 0 Å². The van der Waals surface area contributed by atoms with Gasteiger partial charge >= 0.3 is 0 Å². The van der Waals surface area contributed by atoms with E-state index in [1.807, 2.05) is 0 Å². The molecule has 2 aromatic rings. The zero-order chi connectivity index (χ0) is 14.7. The molecule has 0 aliphatic heterocycles. The summed E-state index contributed by atoms with van der Waals surface area (Å²) in [4.78, 5) is 22.8. The Hall–Kier alpha value is -3.02. The van der Waals surface area contributed by atoms with E-state index in [0.717, 1.165) is 6.07 Å². The molecule has 102 valence electrons. The van der Waals surface area contributed by atoms with Crippen molar-refractivity contribution in [2.75, 3.05) is 5.32 Å². The van der Waals surface area contributed by atoms with E-state index in [4.69, 9.17) is 5.73 Å². The maximum Gasteiger partial charge on any atom is 0.255 e. The van der Waals surface area contributed by atoms with Crippen molar-refractivity contribution < 1.29 is 19.8 Å². The number of amides is 2. The Morgan fingerprint density at radius 1 is 0.900 bits per heavy atom. The quantitative estimate of drug-likeness (QED) is 0.677. The Balaban J connectivity index is 2.16. The van der Waals surface area contributed by atoms with Crippen LogP contribution >= 0.6 is 0 Å². The number of anilines is 1. The van der Waals surface area contributed by atoms with Crippen LogP contribution in [0, 0.1) is 0 Å². The van der Waals surface area contributed by atoms with Crippen molar-refractivity contribution in [3.63, 3.8) is 0 Å². The van der Waals surface area contributed by atoms with Gasteiger partial charge in [0, 0.05) is 22.9 Å². The maximum atomic E-state index is 11.9. The zero-order valence-electron chi connectivity index (χ0n) is 10.3. The normalized spacial score (nSPS) is 10.0. The van der Waals surface area contributed by atoms with Gasteiger partial charge in [-0.3, -0.25) is 9.59 Å². The number of nitrogens with two attached hydrogens (primary N) is 1. The molecule has 0 radical (unpaired) electrons. The maximum absolute atomic E-state index is 11.9. The lowest BCUT2D eigenvalue weighted by Crippen LogP contribution is -2.13. The molecule has 0 bridgehead atoms. The van der Waals surface area contributed by atoms with E-state index in [2.05, 4.69) is 5.32 Å². The minimum absolute atomic E-state index is 0.112. The van der Waals surface area contributed by atoms with Gasteiger partial charge in [0.15, 0.2) is 0 Å². The fraction of sp³-hybridized carbons (Fsp3) is 0. The van der Waals surface area contributed by atoms with Gasteiger partial charge < -0.3 is 21.3 Å². The lowest BCUT2D eigenvalue weighted by atomic mass is 10.1. The van der Waals surface area contributed by atoms with Gasteiger partial charge in [0.1, 0.15) is 11.5 Å². The Morgan fingerprint density at radius 2 is 1.45 bits per heavy atom. The Bertz CT molecular complexity index is 645. The fourth-order valence-corrected chi connectivity index (χ4v) is 1.65. The molecule has 2 aromatic carbocycles. The average Bonchev–Trinajstić information content (AvgIpc) is 2.38. The van der Waals surface area contributed by atoms with Crippen molar-refractivity contribution in [1.29, 1.82) is 0 Å². The third-order valence-corrected chi connectivity index (χ3v) is 2.59. The van der Waals surface area contributed by atoms with Crippen molar-refractivity contribution in [2.45, 2.75) is 0 Å². The highest BCUT2D eigenvalue weighted by Gasteiger charge is 2.09. The lowest BCUT2D eigenvalue weighted by molar-refractivity contribution is 0.0998. The second-order valence-electron chi connectivity index (χ2n) is 4.13. The van der Waals surface area contributed by atoms with Crippen molar-refractivity contribution >= 4 is 17.5 Å². The van der Waals surface area contributed by atoms with Crippen LogP contribution in [-0.4, -0.2) is 22.0 Å². The van der Waals surface area contributed by atoms with E-state index in [9.17, 15) is 19.8 Å². The second-order valence-corrected chi connectivity index (χ2v) is 4.13. The Morgan fingerprint density at radius 3 is 1.95 bits per heavy atom. The molecule has 0 aromatic heterocycles. The molecule has 0 atom stereocenters. The summed E-state index contributed by atoms with van der Waals surface area (Å²) in [5.74, 6) is -1.47. The summed E-state index contributed by atoms with van der Waals surface area (Å²) in [6.45, 7) is 0. The number of aromatic hydroxyl groups is 2. The molecule has 5 N–H and O–H groups in total. The summed E-state index contributed by atoms with van der Waals surface area (Å²) in [7, 11) is 0. The Kier molecular flexibility index (Phi) is 3.56. The van der Waals surface area contributed by atoms with Crippen LogP contribution in [0.5, 0.6) is 11.5 Å². The number of carbonyl (C=O) groups is 2. The lowest BCUT2D eigenvalue weighted by Gasteiger charge is -2.06. The summed E-state index contributed by atoms with van der Waals surface area (Å²) >= 11 is 0. The first-order chi connectivity index (χ1) is 9.45. The number of carbonyl (C=O) groups excluding carboxylic acids is 2. The molecule has 0 fully saturated rings. The molecule has 0 saturated heterocycles. The summed E-state index contributed by atoms with van der Waals surface area (Å²) in [5.41, 5.74) is 6.01. The van der Waals surface area contributed by atoms with E-state index in [1.165, 1.54) is 36.4 Å². The molecule has 0 aliphatic rings. The van der Waals surface area contributed by atoms with Crippen LogP contribution in [0.2, 0.25) is 0 Å². The van der Waals surface area contributed by atoms with Crippen LogP contribution in [0.3, 0.4) is 0 Å². The SMILES string of the molecule is NC(=O)c1ccc(NC(=O)c2cc(O)cc(O)c2)cc1. The first-order valence-electron chi connectivity index (χ1n) is 5.70. The van der Waals surface area contributed by atoms with Gasteiger partial charge in [0.25, 0.3) is 5.91 Å². The van der Waals surface area contributed by atoms with E-state index in [1.54, 1.807) is 0 Å². The minimum atomic E-state index is -0.555. The van der Waals surface area contributed by atoms with E-state index in [-0.39, 0.29) is 17.1 Å². The van der Waals surface area contributed by atoms with Gasteiger partial charge in [-0.05, 0) is 36.4 Å². The monoisotopic (exact) mass is 272 g/mol. The van der Waals surface area contributed by atoms with Crippen LogP contribution in [0.4, 0.5) is 5.69 Å². The molecular weight excluding hydrogens is 260 g/mol. The summed E-state index contributed by atoms with van der Waals surface area (Å²) < 4.78 is 0. The van der Waals surface area contributed by atoms with Gasteiger partial charge in [-0.25, -0.2) is 0 Å². The van der Waals surface area contributed by atoms with Gasteiger partial charge in [0.05, 0.1) is 0 Å². The van der Waals surface area contributed by atoms with E-state index < -0.39 is 11.8 Å². The van der Waals surface area contributed by atoms with E-state index >= 15 is 0 Å². The number of nitrogens with one attached hydrogen (secondary N) is 1. The number of hydrogen-bond donors (Lipinski definition) is 4. The molecule has 0 aliphatic carbocycles. The number of phenolic OH excluding ortho intramolecular Hbond substituents is 2. The molecule has 2 rings (SSSR count). The third-order valence-electron chi connectivity index (χ3n) is 2.59. The highest BCUT2D eigenvalue weighted by atomic mass is 16.3. The minimum Gasteiger partial charge on any atom is -0.508 e. The summed E-state index contributed by atoms with van der Waals surface area (Å²) in [6, 6.07) is 9.61. The third kappa shape index (κ3) is 3.05. The first-order valence-corrected chi connectivity index (χ1v) is 5.70. The predicted octanol–water partition coefficient (Wildman–Crippen LogP) is 1.45. The molecule has 0 spiro atoms. The standard InChI is InChI=1S/C14H12N2O4/c15-13(19)8-1-3-10(4-2-8)16-14(20)9-5-11(17)7-12(18)6-9/h1-7,17-18H,(H2,15,19)(H,16,20). The van der Waals surface area contributed by atoms with Gasteiger partial charge in [0.2, 0.25) is 5.91 Å². The predicted molar refractivity (Wildman–Crippen MR) is 72.7 cm³/mol. The molecule has 6 heteroatoms. The smallest absolute Gasteiger partial charge is 0.255 e. The highest BCUT2D eigenvalue weighted by molar-refractivity contribution is 6.05. The second kappa shape index (κ2) is 5.31. The van der Waals surface area contributed by atoms with Crippen LogP contribution < -0.4 is 11.1 Å². The Labute approximate surface area is 114 Å². The fourth-order valence-electron chi connectivity index (χ4n) is 1.65. The number of primary amides is 1. The summed E-state index contributed by atoms with van der Waals surface area (Å²) in [5, 5.41) is 21.2. The van der Waals surface area contributed by atoms with Gasteiger partial charge in [-0.15, -0.1) is 0 Å². The summed E-state index contributed by atoms with van der Waals surface area (Å²) in [6.07, 6.45) is 0. The van der Waals surface area contributed by atoms with Crippen molar-refractivity contribution in [1.82, 2.24) is 0 Å². The molecule has 0 unspecified atom stereocenters. The van der Waals surface area contributed by atoms with Crippen LogP contribution in [0.15, 0.2) is 42.5 Å². The van der Waals surface area contributed by atoms with Gasteiger partial charge in [-0.1, -0.05) is 0 Å². The molecule has 0 heterocycles. The number of benzene rings is 2. The van der Waals surface area contributed by atoms with Crippen molar-refractivity contribution in [3.05, 3.63) is 53.6 Å².